The number of nitrogens with two attached hydrogens (primary N) is 1. The molecule has 0 saturated carbocycles. The third kappa shape index (κ3) is 5.65. The topological polar surface area (TPSA) is 63.3 Å². The third-order valence-corrected chi connectivity index (χ3v) is 1.48. The van der Waals surface area contributed by atoms with Crippen LogP contribution in [0.1, 0.15) is 26.7 Å². The average molecular weight is 195 g/mol. The minimum absolute atomic E-state index is 0.00236. The van der Waals surface area contributed by atoms with Crippen molar-refractivity contribution in [1.29, 1.82) is 0 Å². The fourth-order valence-corrected chi connectivity index (χ4v) is 1.23. The number of hydrogen-bond acceptors (Lipinski definition) is 3. The molecule has 0 heterocycles. The molecule has 0 aliphatic rings. The molecule has 0 rings (SSSR count). The summed E-state index contributed by atoms with van der Waals surface area (Å²) in [4.78, 5) is 9.87. The highest BCUT2D eigenvalue weighted by molar-refractivity contribution is 5.59. The molecular formula is C8H15F2NO2. The highest BCUT2D eigenvalue weighted by Crippen LogP contribution is 2.25. The van der Waals surface area contributed by atoms with Gasteiger partial charge in [-0.05, 0) is 12.3 Å². The van der Waals surface area contributed by atoms with Crippen molar-refractivity contribution in [3.8, 4) is 0 Å². The quantitative estimate of drug-likeness (QED) is 0.506. The van der Waals surface area contributed by atoms with Gasteiger partial charge in [-0.1, -0.05) is 13.8 Å². The van der Waals surface area contributed by atoms with Gasteiger partial charge in [0.25, 0.3) is 0 Å². The Bertz CT molecular complexity index is 181. The van der Waals surface area contributed by atoms with E-state index in [1.54, 1.807) is 13.8 Å². The monoisotopic (exact) mass is 195 g/mol. The van der Waals surface area contributed by atoms with Crippen LogP contribution in [0.5, 0.6) is 0 Å². The molecule has 0 aromatic heterocycles. The van der Waals surface area contributed by atoms with Gasteiger partial charge < -0.3 is 10.8 Å². The Kier molecular flexibility index (Phi) is 3.93. The van der Waals surface area contributed by atoms with Crippen molar-refractivity contribution in [1.82, 2.24) is 0 Å². The van der Waals surface area contributed by atoms with E-state index < -0.39 is 24.4 Å². The molecule has 0 aromatic rings. The summed E-state index contributed by atoms with van der Waals surface area (Å²) in [7, 11) is 0. The molecule has 13 heavy (non-hydrogen) atoms. The van der Waals surface area contributed by atoms with Crippen molar-refractivity contribution < 1.29 is 18.7 Å². The van der Waals surface area contributed by atoms with Gasteiger partial charge >= 0.3 is 5.92 Å². The lowest BCUT2D eigenvalue weighted by molar-refractivity contribution is -0.140. The molecule has 0 aliphatic heterocycles. The summed E-state index contributed by atoms with van der Waals surface area (Å²) in [5.74, 6) is -3.55. The van der Waals surface area contributed by atoms with Gasteiger partial charge in [0.05, 0.1) is 6.42 Å². The molecule has 0 amide bonds. The van der Waals surface area contributed by atoms with Gasteiger partial charge in [0.1, 0.15) is 5.72 Å². The van der Waals surface area contributed by atoms with E-state index in [1.807, 2.05) is 0 Å². The Morgan fingerprint density at radius 3 is 2.31 bits per heavy atom. The number of alkyl halides is 2. The molecule has 1 unspecified atom stereocenters. The number of carbonyl (C=O) groups excluding carboxylic acids is 1. The summed E-state index contributed by atoms with van der Waals surface area (Å²) in [6.45, 7) is 3.49. The third-order valence-electron chi connectivity index (χ3n) is 1.48. The maximum Gasteiger partial charge on any atom is 0.306 e. The Hall–Kier alpha value is -0.550. The summed E-state index contributed by atoms with van der Waals surface area (Å²) in [5.41, 5.74) is 3.22. The van der Waals surface area contributed by atoms with E-state index in [1.165, 1.54) is 0 Å². The first kappa shape index (κ1) is 12.4. The second-order valence-corrected chi connectivity index (χ2v) is 3.76. The van der Waals surface area contributed by atoms with Gasteiger partial charge in [-0.2, -0.15) is 8.78 Å². The second-order valence-electron chi connectivity index (χ2n) is 3.76. The van der Waals surface area contributed by atoms with E-state index in [9.17, 15) is 18.7 Å². The number of carbonyl (C=O) groups is 1. The molecule has 0 fully saturated rings. The van der Waals surface area contributed by atoms with E-state index in [4.69, 9.17) is 5.73 Å². The molecule has 0 aromatic carbocycles. The maximum absolute atomic E-state index is 12.5. The van der Waals surface area contributed by atoms with Crippen molar-refractivity contribution in [2.75, 3.05) is 0 Å². The lowest BCUT2D eigenvalue weighted by Gasteiger charge is -2.27. The molecule has 3 nitrogen and oxygen atoms in total. The van der Waals surface area contributed by atoms with Gasteiger partial charge in [0.15, 0.2) is 6.29 Å². The number of aliphatic hydroxyl groups is 1. The Balaban J connectivity index is 4.23. The Labute approximate surface area is 75.9 Å². The van der Waals surface area contributed by atoms with Crippen molar-refractivity contribution in [2.45, 2.75) is 38.3 Å². The van der Waals surface area contributed by atoms with Crippen molar-refractivity contribution in [2.24, 2.45) is 11.7 Å². The zero-order valence-corrected chi connectivity index (χ0v) is 7.76. The molecule has 1 atom stereocenters. The average Bonchev–Trinajstić information content (AvgIpc) is 1.81. The first-order valence-electron chi connectivity index (χ1n) is 4.04. The van der Waals surface area contributed by atoms with Gasteiger partial charge in [-0.15, -0.1) is 0 Å². The molecule has 0 saturated heterocycles. The highest BCUT2D eigenvalue weighted by atomic mass is 19.3. The van der Waals surface area contributed by atoms with Crippen LogP contribution in [0.4, 0.5) is 8.78 Å². The summed E-state index contributed by atoms with van der Waals surface area (Å²) in [5, 5.41) is 9.29. The Morgan fingerprint density at radius 2 is 2.00 bits per heavy atom. The van der Waals surface area contributed by atoms with Crippen molar-refractivity contribution in [3.63, 3.8) is 0 Å². The molecule has 0 spiro atoms. The normalized spacial score (nSPS) is 17.2. The number of halogens is 2. The van der Waals surface area contributed by atoms with Crippen LogP contribution in [0.25, 0.3) is 0 Å². The predicted molar refractivity (Wildman–Crippen MR) is 44.2 cm³/mol. The molecule has 78 valence electrons. The summed E-state index contributed by atoms with van der Waals surface area (Å²) in [6, 6.07) is 0. The van der Waals surface area contributed by atoms with Crippen LogP contribution in [-0.2, 0) is 4.79 Å². The standard InChI is InChI=1S/C8H15F2NO2/c1-6(2)3-8(11,13)4-7(9,10)5-12/h5-6,13H,3-4,11H2,1-2H3. The van der Waals surface area contributed by atoms with Crippen molar-refractivity contribution in [3.05, 3.63) is 0 Å². The van der Waals surface area contributed by atoms with E-state index in [-0.39, 0.29) is 12.3 Å². The van der Waals surface area contributed by atoms with Crippen LogP contribution in [0.3, 0.4) is 0 Å². The minimum Gasteiger partial charge on any atom is -0.376 e. The minimum atomic E-state index is -3.54. The van der Waals surface area contributed by atoms with Crippen LogP contribution in [0.15, 0.2) is 0 Å². The highest BCUT2D eigenvalue weighted by Gasteiger charge is 2.38. The maximum atomic E-state index is 12.5. The van der Waals surface area contributed by atoms with Crippen LogP contribution >= 0.6 is 0 Å². The number of hydrogen-bond donors (Lipinski definition) is 2. The number of aldehydes is 1. The van der Waals surface area contributed by atoms with Gasteiger partial charge in [-0.3, -0.25) is 4.79 Å². The number of rotatable bonds is 5. The first-order chi connectivity index (χ1) is 5.68. The van der Waals surface area contributed by atoms with E-state index in [0.29, 0.717) is 0 Å². The molecule has 0 radical (unpaired) electrons. The zero-order chi connectivity index (χ0) is 10.7. The van der Waals surface area contributed by atoms with E-state index in [2.05, 4.69) is 0 Å². The largest absolute Gasteiger partial charge is 0.376 e. The van der Waals surface area contributed by atoms with Gasteiger partial charge in [-0.25, -0.2) is 0 Å². The Morgan fingerprint density at radius 1 is 1.54 bits per heavy atom. The smallest absolute Gasteiger partial charge is 0.306 e. The molecule has 3 N–H and O–H groups in total. The van der Waals surface area contributed by atoms with Crippen LogP contribution in [0.2, 0.25) is 0 Å². The second kappa shape index (κ2) is 4.11. The SMILES string of the molecule is CC(C)CC(N)(O)CC(F)(F)C=O. The zero-order valence-electron chi connectivity index (χ0n) is 7.76. The fourth-order valence-electron chi connectivity index (χ4n) is 1.23. The lowest BCUT2D eigenvalue weighted by Crippen LogP contribution is -2.46. The molecule has 0 aliphatic carbocycles. The lowest BCUT2D eigenvalue weighted by atomic mass is 9.95. The fraction of sp³-hybridized carbons (Fsp3) is 0.875. The van der Waals surface area contributed by atoms with Gasteiger partial charge in [0.2, 0.25) is 0 Å². The van der Waals surface area contributed by atoms with Crippen LogP contribution in [-0.4, -0.2) is 23.0 Å². The predicted octanol–water partition coefficient (Wildman–Crippen LogP) is 0.904. The summed E-state index contributed by atoms with van der Waals surface area (Å²) >= 11 is 0. The van der Waals surface area contributed by atoms with E-state index in [0.717, 1.165) is 0 Å². The van der Waals surface area contributed by atoms with E-state index >= 15 is 0 Å². The van der Waals surface area contributed by atoms with Crippen LogP contribution < -0.4 is 5.73 Å². The van der Waals surface area contributed by atoms with Crippen molar-refractivity contribution >= 4 is 6.29 Å². The van der Waals surface area contributed by atoms with Gasteiger partial charge in [0, 0.05) is 0 Å². The summed E-state index contributed by atoms with van der Waals surface area (Å²) < 4.78 is 25.0. The summed E-state index contributed by atoms with van der Waals surface area (Å²) in [6.07, 6.45) is -1.48. The molecule has 5 heteroatoms. The first-order valence-corrected chi connectivity index (χ1v) is 4.04. The molecular weight excluding hydrogens is 180 g/mol. The van der Waals surface area contributed by atoms with Crippen LogP contribution in [0, 0.1) is 5.92 Å². The molecule has 0 bridgehead atoms.